The van der Waals surface area contributed by atoms with E-state index in [1.165, 1.54) is 6.42 Å². The van der Waals surface area contributed by atoms with Crippen LogP contribution >= 0.6 is 0 Å². The maximum Gasteiger partial charge on any atom is 0.163 e. The molecule has 1 aromatic rings. The highest BCUT2D eigenvalue weighted by Gasteiger charge is 2.10. The van der Waals surface area contributed by atoms with Crippen LogP contribution in [0.3, 0.4) is 0 Å². The van der Waals surface area contributed by atoms with E-state index in [1.807, 2.05) is 25.2 Å². The number of anilines is 1. The van der Waals surface area contributed by atoms with Gasteiger partial charge in [0, 0.05) is 24.7 Å². The fourth-order valence-corrected chi connectivity index (χ4v) is 1.93. The molecule has 0 radical (unpaired) electrons. The number of fused-ring (bicyclic) bond motifs is 1. The SMILES string of the molecule is CNCCCCNc1ccc2c(c1)OCCCO2. The van der Waals surface area contributed by atoms with Crippen LogP contribution in [0.25, 0.3) is 0 Å². The summed E-state index contributed by atoms with van der Waals surface area (Å²) >= 11 is 0. The number of unbranched alkanes of at least 4 members (excludes halogenated alkanes) is 1. The second kappa shape index (κ2) is 7.11. The van der Waals surface area contributed by atoms with Crippen molar-refractivity contribution in [2.45, 2.75) is 19.3 Å². The molecule has 0 aromatic heterocycles. The van der Waals surface area contributed by atoms with Crippen LogP contribution < -0.4 is 20.1 Å². The zero-order valence-electron chi connectivity index (χ0n) is 11.0. The van der Waals surface area contributed by atoms with E-state index in [2.05, 4.69) is 10.6 Å². The summed E-state index contributed by atoms with van der Waals surface area (Å²) in [5.74, 6) is 1.71. The topological polar surface area (TPSA) is 42.5 Å². The van der Waals surface area contributed by atoms with E-state index in [4.69, 9.17) is 9.47 Å². The Labute approximate surface area is 109 Å². The molecule has 1 aromatic carbocycles. The lowest BCUT2D eigenvalue weighted by Gasteiger charge is -2.11. The molecule has 0 bridgehead atoms. The largest absolute Gasteiger partial charge is 0.490 e. The molecule has 0 spiro atoms. The molecule has 0 amide bonds. The normalized spacial score (nSPS) is 14.1. The average molecular weight is 250 g/mol. The number of benzene rings is 1. The van der Waals surface area contributed by atoms with E-state index in [9.17, 15) is 0 Å². The van der Waals surface area contributed by atoms with Crippen LogP contribution in [0.4, 0.5) is 5.69 Å². The van der Waals surface area contributed by atoms with Gasteiger partial charge in [0.2, 0.25) is 0 Å². The number of nitrogens with one attached hydrogen (secondary N) is 2. The molecule has 0 aliphatic carbocycles. The van der Waals surface area contributed by atoms with Gasteiger partial charge in [-0.05, 0) is 38.6 Å². The lowest BCUT2D eigenvalue weighted by atomic mass is 10.2. The van der Waals surface area contributed by atoms with Crippen molar-refractivity contribution >= 4 is 5.69 Å². The molecule has 100 valence electrons. The minimum absolute atomic E-state index is 0.735. The van der Waals surface area contributed by atoms with Crippen LogP contribution in [0, 0.1) is 0 Å². The summed E-state index contributed by atoms with van der Waals surface area (Å²) in [7, 11) is 1.98. The third-order valence-electron chi connectivity index (χ3n) is 2.93. The summed E-state index contributed by atoms with van der Waals surface area (Å²) in [5, 5.41) is 6.56. The van der Waals surface area contributed by atoms with Gasteiger partial charge in [-0.3, -0.25) is 0 Å². The third kappa shape index (κ3) is 3.81. The van der Waals surface area contributed by atoms with Gasteiger partial charge in [0.15, 0.2) is 11.5 Å². The fraction of sp³-hybridized carbons (Fsp3) is 0.571. The van der Waals surface area contributed by atoms with Crippen molar-refractivity contribution in [2.24, 2.45) is 0 Å². The van der Waals surface area contributed by atoms with Crippen LogP contribution in [-0.2, 0) is 0 Å². The molecule has 4 nitrogen and oxygen atoms in total. The Bertz CT molecular complexity index is 369. The van der Waals surface area contributed by atoms with E-state index in [1.54, 1.807) is 0 Å². The van der Waals surface area contributed by atoms with E-state index in [0.717, 1.165) is 56.3 Å². The molecule has 0 saturated carbocycles. The first-order chi connectivity index (χ1) is 8.90. The first-order valence-electron chi connectivity index (χ1n) is 6.68. The van der Waals surface area contributed by atoms with Gasteiger partial charge in [-0.15, -0.1) is 0 Å². The van der Waals surface area contributed by atoms with Crippen LogP contribution in [0.15, 0.2) is 18.2 Å². The number of hydrogen-bond donors (Lipinski definition) is 2. The lowest BCUT2D eigenvalue weighted by Crippen LogP contribution is -2.10. The molecule has 1 heterocycles. The zero-order chi connectivity index (χ0) is 12.6. The van der Waals surface area contributed by atoms with Gasteiger partial charge in [0.25, 0.3) is 0 Å². The molecule has 0 fully saturated rings. The smallest absolute Gasteiger partial charge is 0.163 e. The van der Waals surface area contributed by atoms with Gasteiger partial charge in [0.05, 0.1) is 13.2 Å². The van der Waals surface area contributed by atoms with Crippen molar-refractivity contribution in [1.29, 1.82) is 0 Å². The molecule has 4 heteroatoms. The van der Waals surface area contributed by atoms with Gasteiger partial charge in [-0.2, -0.15) is 0 Å². The van der Waals surface area contributed by atoms with Crippen LogP contribution in [-0.4, -0.2) is 33.4 Å². The highest BCUT2D eigenvalue weighted by Crippen LogP contribution is 2.32. The van der Waals surface area contributed by atoms with Crippen molar-refractivity contribution in [2.75, 3.05) is 38.7 Å². The second-order valence-electron chi connectivity index (χ2n) is 4.45. The van der Waals surface area contributed by atoms with E-state index >= 15 is 0 Å². The Morgan fingerprint density at radius 1 is 1.06 bits per heavy atom. The maximum absolute atomic E-state index is 5.66. The Hall–Kier alpha value is -1.42. The summed E-state index contributed by atoms with van der Waals surface area (Å²) in [6, 6.07) is 6.06. The van der Waals surface area contributed by atoms with Crippen LogP contribution in [0.2, 0.25) is 0 Å². The quantitative estimate of drug-likeness (QED) is 0.760. The molecule has 1 aliphatic rings. The van der Waals surface area contributed by atoms with Gasteiger partial charge < -0.3 is 20.1 Å². The number of rotatable bonds is 6. The average Bonchev–Trinajstić information content (AvgIpc) is 2.63. The van der Waals surface area contributed by atoms with Crippen molar-refractivity contribution in [1.82, 2.24) is 5.32 Å². The molecular weight excluding hydrogens is 228 g/mol. The Kier molecular flexibility index (Phi) is 5.15. The van der Waals surface area contributed by atoms with Crippen LogP contribution in [0.5, 0.6) is 11.5 Å². The van der Waals surface area contributed by atoms with Crippen molar-refractivity contribution < 1.29 is 9.47 Å². The first kappa shape index (κ1) is 13.0. The second-order valence-corrected chi connectivity index (χ2v) is 4.45. The highest BCUT2D eigenvalue weighted by molar-refractivity contribution is 5.54. The van der Waals surface area contributed by atoms with Gasteiger partial charge >= 0.3 is 0 Å². The molecule has 1 aliphatic heterocycles. The number of hydrogen-bond acceptors (Lipinski definition) is 4. The van der Waals surface area contributed by atoms with Crippen molar-refractivity contribution in [3.63, 3.8) is 0 Å². The summed E-state index contributed by atoms with van der Waals surface area (Å²) in [4.78, 5) is 0. The van der Waals surface area contributed by atoms with E-state index < -0.39 is 0 Å². The summed E-state index contributed by atoms with van der Waals surface area (Å²) in [5.41, 5.74) is 1.10. The number of ether oxygens (including phenoxy) is 2. The maximum atomic E-state index is 5.66. The molecule has 2 N–H and O–H groups in total. The first-order valence-corrected chi connectivity index (χ1v) is 6.68. The Morgan fingerprint density at radius 2 is 1.83 bits per heavy atom. The zero-order valence-corrected chi connectivity index (χ0v) is 11.0. The molecule has 0 saturated heterocycles. The van der Waals surface area contributed by atoms with Crippen LogP contribution in [0.1, 0.15) is 19.3 Å². The van der Waals surface area contributed by atoms with Gasteiger partial charge in [0.1, 0.15) is 0 Å². The standard InChI is InChI=1S/C14H22N2O2/c1-15-7-2-3-8-16-12-5-6-13-14(11-12)18-10-4-9-17-13/h5-6,11,15-16H,2-4,7-10H2,1H3. The molecule has 2 rings (SSSR count). The summed E-state index contributed by atoms with van der Waals surface area (Å²) in [6.07, 6.45) is 3.30. The van der Waals surface area contributed by atoms with Crippen molar-refractivity contribution in [3.8, 4) is 11.5 Å². The predicted octanol–water partition coefficient (Wildman–Crippen LogP) is 2.26. The third-order valence-corrected chi connectivity index (χ3v) is 2.93. The minimum atomic E-state index is 0.735. The van der Waals surface area contributed by atoms with E-state index in [-0.39, 0.29) is 0 Å². The highest BCUT2D eigenvalue weighted by atomic mass is 16.5. The lowest BCUT2D eigenvalue weighted by molar-refractivity contribution is 0.297. The monoisotopic (exact) mass is 250 g/mol. The molecule has 0 atom stereocenters. The minimum Gasteiger partial charge on any atom is -0.490 e. The van der Waals surface area contributed by atoms with Gasteiger partial charge in [-0.1, -0.05) is 0 Å². The summed E-state index contributed by atoms with van der Waals surface area (Å²) < 4.78 is 11.3. The fourth-order valence-electron chi connectivity index (χ4n) is 1.93. The molecule has 0 unspecified atom stereocenters. The van der Waals surface area contributed by atoms with Crippen molar-refractivity contribution in [3.05, 3.63) is 18.2 Å². The van der Waals surface area contributed by atoms with E-state index in [0.29, 0.717) is 0 Å². The Morgan fingerprint density at radius 3 is 2.67 bits per heavy atom. The molecule has 18 heavy (non-hydrogen) atoms. The van der Waals surface area contributed by atoms with Gasteiger partial charge in [-0.25, -0.2) is 0 Å². The predicted molar refractivity (Wildman–Crippen MR) is 73.7 cm³/mol. The Balaban J connectivity index is 1.84. The summed E-state index contributed by atoms with van der Waals surface area (Å²) in [6.45, 7) is 3.53. The molecular formula is C14H22N2O2.